The first kappa shape index (κ1) is 13.2. The molecule has 0 aliphatic rings. The number of aromatic amines is 1. The molecule has 1 aromatic heterocycles. The summed E-state index contributed by atoms with van der Waals surface area (Å²) in [6.45, 7) is 0.516. The molecule has 21 heavy (non-hydrogen) atoms. The number of anilines is 1. The molecule has 0 saturated carbocycles. The van der Waals surface area contributed by atoms with Gasteiger partial charge in [-0.25, -0.2) is 0 Å². The molecule has 5 nitrogen and oxygen atoms in total. The van der Waals surface area contributed by atoms with E-state index in [0.29, 0.717) is 17.9 Å². The van der Waals surface area contributed by atoms with E-state index in [4.69, 9.17) is 5.73 Å². The summed E-state index contributed by atoms with van der Waals surface area (Å²) in [5, 5.41) is 8.76. The smallest absolute Gasteiger partial charge is 0.274 e. The van der Waals surface area contributed by atoms with Crippen LogP contribution in [0.5, 0.6) is 0 Å². The molecular formula is C16H16N4O. The molecule has 106 valence electrons. The van der Waals surface area contributed by atoms with Gasteiger partial charge in [-0.05, 0) is 22.4 Å². The van der Waals surface area contributed by atoms with Gasteiger partial charge in [0.15, 0.2) is 0 Å². The van der Waals surface area contributed by atoms with Gasteiger partial charge in [-0.3, -0.25) is 9.89 Å². The molecule has 0 fully saturated rings. The normalized spacial score (nSPS) is 10.7. The first-order valence-corrected chi connectivity index (χ1v) is 6.67. The Labute approximate surface area is 122 Å². The summed E-state index contributed by atoms with van der Waals surface area (Å²) in [5.74, 6) is -0.168. The Morgan fingerprint density at radius 1 is 1.24 bits per heavy atom. The highest BCUT2D eigenvalue weighted by molar-refractivity contribution is 5.96. The fraction of sp³-hybridized carbons (Fsp3) is 0.125. The second kappa shape index (κ2) is 5.28. The summed E-state index contributed by atoms with van der Waals surface area (Å²) in [5.41, 5.74) is 7.48. The highest BCUT2D eigenvalue weighted by atomic mass is 16.2. The number of amides is 1. The van der Waals surface area contributed by atoms with E-state index in [-0.39, 0.29) is 5.91 Å². The third kappa shape index (κ3) is 2.58. The van der Waals surface area contributed by atoms with Crippen LogP contribution in [0.4, 0.5) is 5.69 Å². The van der Waals surface area contributed by atoms with Crippen LogP contribution in [-0.2, 0) is 6.54 Å². The van der Waals surface area contributed by atoms with Gasteiger partial charge in [-0.2, -0.15) is 5.10 Å². The van der Waals surface area contributed by atoms with Crippen LogP contribution in [0.2, 0.25) is 0 Å². The minimum Gasteiger partial charge on any atom is -0.396 e. The van der Waals surface area contributed by atoms with Crippen LogP contribution in [0.1, 0.15) is 16.1 Å². The van der Waals surface area contributed by atoms with Crippen LogP contribution >= 0.6 is 0 Å². The van der Waals surface area contributed by atoms with E-state index in [2.05, 4.69) is 34.5 Å². The van der Waals surface area contributed by atoms with Gasteiger partial charge in [0.2, 0.25) is 0 Å². The molecule has 0 spiro atoms. The molecule has 1 amide bonds. The summed E-state index contributed by atoms with van der Waals surface area (Å²) in [7, 11) is 1.75. The average Bonchev–Trinajstić information content (AvgIpc) is 2.92. The fourth-order valence-corrected chi connectivity index (χ4v) is 2.34. The molecule has 3 aromatic rings. The largest absolute Gasteiger partial charge is 0.396 e. The van der Waals surface area contributed by atoms with E-state index in [1.54, 1.807) is 11.9 Å². The molecule has 3 N–H and O–H groups in total. The van der Waals surface area contributed by atoms with E-state index in [1.807, 2.05) is 18.2 Å². The summed E-state index contributed by atoms with van der Waals surface area (Å²) in [6, 6.07) is 14.3. The van der Waals surface area contributed by atoms with Crippen LogP contribution < -0.4 is 5.73 Å². The monoisotopic (exact) mass is 280 g/mol. The maximum atomic E-state index is 12.3. The van der Waals surface area contributed by atoms with Crippen molar-refractivity contribution in [3.63, 3.8) is 0 Å². The minimum atomic E-state index is -0.168. The molecule has 0 saturated heterocycles. The van der Waals surface area contributed by atoms with E-state index in [1.165, 1.54) is 11.6 Å². The van der Waals surface area contributed by atoms with Gasteiger partial charge in [-0.1, -0.05) is 36.4 Å². The summed E-state index contributed by atoms with van der Waals surface area (Å²) in [4.78, 5) is 13.9. The number of rotatable bonds is 3. The Hall–Kier alpha value is -2.82. The number of hydrogen-bond acceptors (Lipinski definition) is 3. The molecule has 2 aromatic carbocycles. The van der Waals surface area contributed by atoms with Crippen LogP contribution in [0, 0.1) is 0 Å². The lowest BCUT2D eigenvalue weighted by Crippen LogP contribution is -2.27. The molecule has 0 aliphatic carbocycles. The predicted molar refractivity (Wildman–Crippen MR) is 82.7 cm³/mol. The molecule has 0 bridgehead atoms. The number of carbonyl (C=O) groups excluding carboxylic acids is 1. The lowest BCUT2D eigenvalue weighted by Gasteiger charge is -2.17. The average molecular weight is 280 g/mol. The van der Waals surface area contributed by atoms with Crippen molar-refractivity contribution in [2.45, 2.75) is 6.54 Å². The maximum Gasteiger partial charge on any atom is 0.274 e. The molecule has 3 rings (SSSR count). The highest BCUT2D eigenvalue weighted by Crippen LogP contribution is 2.17. The Morgan fingerprint density at radius 2 is 2.00 bits per heavy atom. The van der Waals surface area contributed by atoms with E-state index in [0.717, 1.165) is 10.9 Å². The lowest BCUT2D eigenvalue weighted by atomic mass is 10.1. The van der Waals surface area contributed by atoms with Gasteiger partial charge < -0.3 is 10.6 Å². The van der Waals surface area contributed by atoms with Crippen LogP contribution in [0.3, 0.4) is 0 Å². The zero-order chi connectivity index (χ0) is 14.8. The van der Waals surface area contributed by atoms with Gasteiger partial charge in [0.05, 0.1) is 11.9 Å². The summed E-state index contributed by atoms with van der Waals surface area (Å²) in [6.07, 6.45) is 1.44. The second-order valence-electron chi connectivity index (χ2n) is 5.04. The number of H-pyrrole nitrogens is 1. The number of fused-ring (bicyclic) bond motifs is 1. The predicted octanol–water partition coefficient (Wildman–Crippen LogP) is 2.42. The molecule has 0 atom stereocenters. The van der Waals surface area contributed by atoms with Gasteiger partial charge >= 0.3 is 0 Å². The van der Waals surface area contributed by atoms with Gasteiger partial charge in [0.1, 0.15) is 5.69 Å². The quantitative estimate of drug-likeness (QED) is 0.773. The first-order valence-electron chi connectivity index (χ1n) is 6.67. The Morgan fingerprint density at radius 3 is 2.71 bits per heavy atom. The van der Waals surface area contributed by atoms with Crippen molar-refractivity contribution in [1.82, 2.24) is 15.1 Å². The van der Waals surface area contributed by atoms with Crippen molar-refractivity contribution >= 4 is 22.4 Å². The number of nitrogens with two attached hydrogens (primary N) is 1. The van der Waals surface area contributed by atoms with E-state index in [9.17, 15) is 4.79 Å². The lowest BCUT2D eigenvalue weighted by molar-refractivity contribution is 0.0780. The van der Waals surface area contributed by atoms with Gasteiger partial charge in [0.25, 0.3) is 5.91 Å². The van der Waals surface area contributed by atoms with E-state index < -0.39 is 0 Å². The minimum absolute atomic E-state index is 0.168. The molecule has 5 heteroatoms. The first-order chi connectivity index (χ1) is 10.1. The molecule has 0 aliphatic heterocycles. The number of nitrogens with one attached hydrogen (secondary N) is 1. The Kier molecular flexibility index (Phi) is 3.31. The second-order valence-corrected chi connectivity index (χ2v) is 5.04. The number of aromatic nitrogens is 2. The number of hydrogen-bond donors (Lipinski definition) is 2. The standard InChI is InChI=1S/C16H16N4O/c1-20(16(21)15-14(17)9-18-19-15)10-11-6-7-12-4-2-3-5-13(12)8-11/h2-9H,10,17H2,1H3,(H,18,19). The molecule has 0 radical (unpaired) electrons. The van der Waals surface area contributed by atoms with Crippen molar-refractivity contribution < 1.29 is 4.79 Å². The number of nitrogens with zero attached hydrogens (tertiary/aromatic N) is 2. The zero-order valence-corrected chi connectivity index (χ0v) is 11.7. The third-order valence-electron chi connectivity index (χ3n) is 3.46. The summed E-state index contributed by atoms with van der Waals surface area (Å²) < 4.78 is 0. The van der Waals surface area contributed by atoms with Crippen molar-refractivity contribution in [2.75, 3.05) is 12.8 Å². The zero-order valence-electron chi connectivity index (χ0n) is 11.7. The van der Waals surface area contributed by atoms with Crippen LogP contribution in [0.25, 0.3) is 10.8 Å². The van der Waals surface area contributed by atoms with Crippen LogP contribution in [0.15, 0.2) is 48.7 Å². The van der Waals surface area contributed by atoms with Crippen molar-refractivity contribution in [2.24, 2.45) is 0 Å². The molecular weight excluding hydrogens is 264 g/mol. The topological polar surface area (TPSA) is 75.0 Å². The fourth-order valence-electron chi connectivity index (χ4n) is 2.34. The number of carbonyl (C=O) groups is 1. The number of nitrogen functional groups attached to an aromatic ring is 1. The maximum absolute atomic E-state index is 12.3. The number of benzene rings is 2. The SMILES string of the molecule is CN(Cc1ccc2ccccc2c1)C(=O)c1[nH]ncc1N. The summed E-state index contributed by atoms with van der Waals surface area (Å²) >= 11 is 0. The highest BCUT2D eigenvalue weighted by Gasteiger charge is 2.16. The van der Waals surface area contributed by atoms with E-state index >= 15 is 0 Å². The van der Waals surface area contributed by atoms with Crippen molar-refractivity contribution in [3.05, 3.63) is 59.9 Å². The van der Waals surface area contributed by atoms with Crippen molar-refractivity contribution in [3.8, 4) is 0 Å². The molecule has 1 heterocycles. The van der Waals surface area contributed by atoms with Gasteiger partial charge in [0, 0.05) is 13.6 Å². The Bertz CT molecular complexity index is 794. The van der Waals surface area contributed by atoms with Gasteiger partial charge in [-0.15, -0.1) is 0 Å². The molecule has 0 unspecified atom stereocenters. The van der Waals surface area contributed by atoms with Crippen LogP contribution in [-0.4, -0.2) is 28.1 Å². The Balaban J connectivity index is 1.81. The van der Waals surface area contributed by atoms with Crippen molar-refractivity contribution in [1.29, 1.82) is 0 Å². The third-order valence-corrected chi connectivity index (χ3v) is 3.46.